The number of hydrogen-bond donors (Lipinski definition) is 1. The molecule has 0 aromatic rings. The van der Waals surface area contributed by atoms with Crippen LogP contribution in [0.15, 0.2) is 0 Å². The number of hydroxylamine groups is 1. The third-order valence-electron chi connectivity index (χ3n) is 1.90. The zero-order valence-corrected chi connectivity index (χ0v) is 8.73. The zero-order valence-electron chi connectivity index (χ0n) is 7.91. The molecule has 1 heterocycles. The summed E-state index contributed by atoms with van der Waals surface area (Å²) in [7, 11) is 1.45. The van der Waals surface area contributed by atoms with Crippen LogP contribution < -0.4 is 5.48 Å². The van der Waals surface area contributed by atoms with Crippen LogP contribution in [0.5, 0.6) is 0 Å². The minimum atomic E-state index is -0.0607. The van der Waals surface area contributed by atoms with Gasteiger partial charge in [0.2, 0.25) is 0 Å². The first-order valence-corrected chi connectivity index (χ1v) is 5.60. The first-order valence-electron chi connectivity index (χ1n) is 4.45. The molecule has 1 aliphatic rings. The Bertz CT molecular complexity index is 158. The molecule has 0 saturated carbocycles. The van der Waals surface area contributed by atoms with Gasteiger partial charge in [0.25, 0.3) is 5.91 Å². The lowest BCUT2D eigenvalue weighted by atomic mass is 10.4. The van der Waals surface area contributed by atoms with Crippen LogP contribution in [0.1, 0.15) is 6.42 Å². The average Bonchev–Trinajstić information content (AvgIpc) is 2.33. The lowest BCUT2D eigenvalue weighted by Crippen LogP contribution is -2.37. The molecule has 0 spiro atoms. The van der Waals surface area contributed by atoms with Gasteiger partial charge < -0.3 is 0 Å². The molecule has 1 fully saturated rings. The third-order valence-corrected chi connectivity index (χ3v) is 2.95. The number of carbonyl (C=O) groups is 1. The first-order chi connectivity index (χ1) is 6.33. The lowest BCUT2D eigenvalue weighted by molar-refractivity contribution is -0.132. The monoisotopic (exact) mass is 204 g/mol. The Morgan fingerprint density at radius 2 is 2.38 bits per heavy atom. The van der Waals surface area contributed by atoms with Gasteiger partial charge in [-0.1, -0.05) is 0 Å². The van der Waals surface area contributed by atoms with Crippen molar-refractivity contribution < 1.29 is 9.63 Å². The molecule has 0 radical (unpaired) electrons. The minimum absolute atomic E-state index is 0.0607. The standard InChI is InChI=1S/C8H16N2O2S/c1-12-9-8(11)7-10-3-2-5-13-6-4-10/h2-7H2,1H3,(H,9,11). The van der Waals surface area contributed by atoms with Gasteiger partial charge in [-0.25, -0.2) is 5.48 Å². The Labute approximate surface area is 82.9 Å². The summed E-state index contributed by atoms with van der Waals surface area (Å²) in [5, 5.41) is 0. The number of thioether (sulfide) groups is 1. The number of hydrogen-bond acceptors (Lipinski definition) is 4. The lowest BCUT2D eigenvalue weighted by Gasteiger charge is -2.17. The number of amides is 1. The van der Waals surface area contributed by atoms with E-state index in [0.717, 1.165) is 18.8 Å². The number of nitrogens with one attached hydrogen (secondary N) is 1. The van der Waals surface area contributed by atoms with Crippen LogP contribution >= 0.6 is 11.8 Å². The molecule has 0 atom stereocenters. The highest BCUT2D eigenvalue weighted by Crippen LogP contribution is 2.09. The van der Waals surface area contributed by atoms with Crippen molar-refractivity contribution in [2.75, 3.05) is 38.2 Å². The molecule has 0 unspecified atom stereocenters. The molecule has 0 aliphatic carbocycles. The maximum Gasteiger partial charge on any atom is 0.257 e. The van der Waals surface area contributed by atoms with Crippen molar-refractivity contribution in [1.29, 1.82) is 0 Å². The highest BCUT2D eigenvalue weighted by Gasteiger charge is 2.12. The van der Waals surface area contributed by atoms with Crippen molar-refractivity contribution >= 4 is 17.7 Å². The average molecular weight is 204 g/mol. The van der Waals surface area contributed by atoms with Gasteiger partial charge in [-0.15, -0.1) is 0 Å². The SMILES string of the molecule is CONC(=O)CN1CCCSCC1. The topological polar surface area (TPSA) is 41.6 Å². The van der Waals surface area contributed by atoms with E-state index in [9.17, 15) is 4.79 Å². The quantitative estimate of drug-likeness (QED) is 0.662. The van der Waals surface area contributed by atoms with Gasteiger partial charge in [0.15, 0.2) is 0 Å². The molecule has 1 N–H and O–H groups in total. The molecule has 1 amide bonds. The molecule has 5 heteroatoms. The van der Waals surface area contributed by atoms with E-state index in [1.54, 1.807) is 0 Å². The Hall–Kier alpha value is -0.260. The second-order valence-electron chi connectivity index (χ2n) is 2.97. The summed E-state index contributed by atoms with van der Waals surface area (Å²) in [6, 6.07) is 0. The maximum absolute atomic E-state index is 11.1. The third kappa shape index (κ3) is 4.50. The van der Waals surface area contributed by atoms with Crippen molar-refractivity contribution in [3.63, 3.8) is 0 Å². The molecule has 0 aromatic carbocycles. The normalized spacial score (nSPS) is 19.5. The summed E-state index contributed by atoms with van der Waals surface area (Å²) in [5.74, 6) is 2.28. The fourth-order valence-electron chi connectivity index (χ4n) is 1.31. The highest BCUT2D eigenvalue weighted by atomic mass is 32.2. The number of nitrogens with zero attached hydrogens (tertiary/aromatic N) is 1. The summed E-state index contributed by atoms with van der Waals surface area (Å²) in [6.45, 7) is 2.47. The van der Waals surface area contributed by atoms with Crippen LogP contribution in [0.3, 0.4) is 0 Å². The van der Waals surface area contributed by atoms with E-state index in [0.29, 0.717) is 6.54 Å². The van der Waals surface area contributed by atoms with Crippen molar-refractivity contribution in [2.45, 2.75) is 6.42 Å². The van der Waals surface area contributed by atoms with Gasteiger partial charge in [0, 0.05) is 12.3 Å². The van der Waals surface area contributed by atoms with E-state index in [4.69, 9.17) is 0 Å². The fourth-order valence-corrected chi connectivity index (χ4v) is 2.23. The summed E-state index contributed by atoms with van der Waals surface area (Å²) in [5.41, 5.74) is 2.33. The molecule has 76 valence electrons. The van der Waals surface area contributed by atoms with Crippen molar-refractivity contribution in [1.82, 2.24) is 10.4 Å². The van der Waals surface area contributed by atoms with E-state index in [2.05, 4.69) is 15.2 Å². The molecule has 1 saturated heterocycles. The molecule has 0 aromatic heterocycles. The minimum Gasteiger partial charge on any atom is -0.294 e. The van der Waals surface area contributed by atoms with Gasteiger partial charge in [0.1, 0.15) is 0 Å². The van der Waals surface area contributed by atoms with Crippen LogP contribution in [0.25, 0.3) is 0 Å². The molecule has 1 aliphatic heterocycles. The number of rotatable bonds is 3. The second-order valence-corrected chi connectivity index (χ2v) is 4.20. The number of carbonyl (C=O) groups excluding carboxylic acids is 1. The summed E-state index contributed by atoms with van der Waals surface area (Å²) >= 11 is 1.96. The molecule has 13 heavy (non-hydrogen) atoms. The maximum atomic E-state index is 11.1. The van der Waals surface area contributed by atoms with Crippen LogP contribution in [0, 0.1) is 0 Å². The molecular weight excluding hydrogens is 188 g/mol. The Kier molecular flexibility index (Phi) is 5.19. The van der Waals surface area contributed by atoms with Crippen LogP contribution in [-0.4, -0.2) is 49.1 Å². The smallest absolute Gasteiger partial charge is 0.257 e. The van der Waals surface area contributed by atoms with E-state index < -0.39 is 0 Å². The largest absolute Gasteiger partial charge is 0.294 e. The van der Waals surface area contributed by atoms with Gasteiger partial charge in [-0.2, -0.15) is 11.8 Å². The predicted molar refractivity (Wildman–Crippen MR) is 53.5 cm³/mol. The van der Waals surface area contributed by atoms with E-state index in [-0.39, 0.29) is 5.91 Å². The highest BCUT2D eigenvalue weighted by molar-refractivity contribution is 7.99. The van der Waals surface area contributed by atoms with Crippen molar-refractivity contribution in [2.24, 2.45) is 0 Å². The molecule has 4 nitrogen and oxygen atoms in total. The molecule has 0 bridgehead atoms. The first kappa shape index (κ1) is 10.8. The van der Waals surface area contributed by atoms with Crippen molar-refractivity contribution in [3.05, 3.63) is 0 Å². The van der Waals surface area contributed by atoms with Gasteiger partial charge in [-0.3, -0.25) is 14.5 Å². The van der Waals surface area contributed by atoms with Crippen molar-refractivity contribution in [3.8, 4) is 0 Å². The predicted octanol–water partition coefficient (Wildman–Crippen LogP) is 0.103. The van der Waals surface area contributed by atoms with Gasteiger partial charge in [0.05, 0.1) is 13.7 Å². The second kappa shape index (κ2) is 6.23. The van der Waals surface area contributed by atoms with Gasteiger partial charge >= 0.3 is 0 Å². The van der Waals surface area contributed by atoms with E-state index in [1.807, 2.05) is 11.8 Å². The fraction of sp³-hybridized carbons (Fsp3) is 0.875. The Morgan fingerprint density at radius 3 is 3.15 bits per heavy atom. The zero-order chi connectivity index (χ0) is 9.52. The Morgan fingerprint density at radius 1 is 1.54 bits per heavy atom. The molecule has 1 rings (SSSR count). The van der Waals surface area contributed by atoms with Crippen LogP contribution in [0.4, 0.5) is 0 Å². The van der Waals surface area contributed by atoms with Crippen LogP contribution in [-0.2, 0) is 9.63 Å². The van der Waals surface area contributed by atoms with Gasteiger partial charge in [-0.05, 0) is 18.7 Å². The Balaban J connectivity index is 2.21. The molecular formula is C8H16N2O2S. The summed E-state index contributed by atoms with van der Waals surface area (Å²) in [6.07, 6.45) is 1.17. The van der Waals surface area contributed by atoms with E-state index in [1.165, 1.54) is 19.3 Å². The summed E-state index contributed by atoms with van der Waals surface area (Å²) in [4.78, 5) is 17.8. The van der Waals surface area contributed by atoms with Crippen LogP contribution in [0.2, 0.25) is 0 Å². The summed E-state index contributed by atoms with van der Waals surface area (Å²) < 4.78 is 0. The van der Waals surface area contributed by atoms with E-state index >= 15 is 0 Å².